The van der Waals surface area contributed by atoms with E-state index in [1.54, 1.807) is 62.6 Å². The maximum absolute atomic E-state index is 12.5. The number of anilines is 2. The zero-order chi connectivity index (χ0) is 24.0. The first kappa shape index (κ1) is 24.1. The fraction of sp³-hybridized carbons (Fsp3) is 0.130. The Kier molecular flexibility index (Phi) is 7.57. The minimum atomic E-state index is -3.82. The maximum Gasteiger partial charge on any atom is 0.261 e. The molecule has 172 valence electrons. The van der Waals surface area contributed by atoms with Gasteiger partial charge in [0.15, 0.2) is 6.61 Å². The smallest absolute Gasteiger partial charge is 0.261 e. The van der Waals surface area contributed by atoms with Crippen molar-refractivity contribution in [2.24, 2.45) is 0 Å². The Bertz CT molecular complexity index is 1230. The second-order valence-corrected chi connectivity index (χ2v) is 9.31. The van der Waals surface area contributed by atoms with Gasteiger partial charge in [-0.15, -0.1) is 0 Å². The number of benzene rings is 3. The van der Waals surface area contributed by atoms with Crippen LogP contribution in [0.4, 0.5) is 11.4 Å². The van der Waals surface area contributed by atoms with Crippen LogP contribution < -0.4 is 14.8 Å². The van der Waals surface area contributed by atoms with Gasteiger partial charge in [0, 0.05) is 36.1 Å². The molecule has 0 saturated carbocycles. The van der Waals surface area contributed by atoms with E-state index in [2.05, 4.69) is 10.0 Å². The zero-order valence-corrected chi connectivity index (χ0v) is 19.5. The largest absolute Gasteiger partial charge is 0.484 e. The summed E-state index contributed by atoms with van der Waals surface area (Å²) >= 11 is 5.81. The van der Waals surface area contributed by atoms with E-state index in [4.69, 9.17) is 16.3 Å². The van der Waals surface area contributed by atoms with Gasteiger partial charge in [-0.3, -0.25) is 14.3 Å². The van der Waals surface area contributed by atoms with Gasteiger partial charge in [0.05, 0.1) is 4.90 Å². The van der Waals surface area contributed by atoms with Gasteiger partial charge in [-0.1, -0.05) is 11.6 Å². The minimum absolute atomic E-state index is 0.0165. The lowest BCUT2D eigenvalue weighted by molar-refractivity contribution is -0.130. The molecule has 0 spiro atoms. The standard InChI is InChI=1S/C23H22ClN3O5S/c1-27(2)22(28)15-32-20-11-9-18(10-12-20)25-23(29)16-3-13-21(14-4-16)33(30,31)26-19-7-5-17(24)6-8-19/h3-14,26H,15H2,1-2H3,(H,25,29). The number of nitrogens with zero attached hydrogens (tertiary/aromatic N) is 1. The van der Waals surface area contributed by atoms with Crippen LogP contribution in [0.15, 0.2) is 77.7 Å². The lowest BCUT2D eigenvalue weighted by atomic mass is 10.2. The van der Waals surface area contributed by atoms with Gasteiger partial charge < -0.3 is 15.0 Å². The molecular weight excluding hydrogens is 466 g/mol. The summed E-state index contributed by atoms with van der Waals surface area (Å²) in [6.45, 7) is -0.0825. The predicted molar refractivity (Wildman–Crippen MR) is 127 cm³/mol. The molecule has 0 bridgehead atoms. The summed E-state index contributed by atoms with van der Waals surface area (Å²) in [7, 11) is -0.532. The molecule has 2 N–H and O–H groups in total. The highest BCUT2D eigenvalue weighted by Crippen LogP contribution is 2.20. The van der Waals surface area contributed by atoms with Crippen molar-refractivity contribution in [1.29, 1.82) is 0 Å². The van der Waals surface area contributed by atoms with Crippen LogP contribution in [0.3, 0.4) is 0 Å². The number of amides is 2. The van der Waals surface area contributed by atoms with Crippen LogP contribution in [-0.4, -0.2) is 45.8 Å². The third kappa shape index (κ3) is 6.71. The molecule has 0 heterocycles. The molecule has 0 aliphatic rings. The Balaban J connectivity index is 1.60. The molecule has 0 aliphatic heterocycles. The Morgan fingerprint density at radius 1 is 0.879 bits per heavy atom. The number of rotatable bonds is 8. The van der Waals surface area contributed by atoms with E-state index in [1.165, 1.54) is 29.2 Å². The Labute approximate surface area is 197 Å². The molecule has 0 atom stereocenters. The van der Waals surface area contributed by atoms with E-state index in [-0.39, 0.29) is 23.0 Å². The van der Waals surface area contributed by atoms with Crippen LogP contribution in [-0.2, 0) is 14.8 Å². The third-order valence-corrected chi connectivity index (χ3v) is 6.15. The number of nitrogens with one attached hydrogen (secondary N) is 2. The molecule has 0 fully saturated rings. The van der Waals surface area contributed by atoms with Crippen LogP contribution in [0.1, 0.15) is 10.4 Å². The van der Waals surface area contributed by atoms with Crippen LogP contribution >= 0.6 is 11.6 Å². The molecule has 0 aliphatic carbocycles. The molecule has 33 heavy (non-hydrogen) atoms. The van der Waals surface area contributed by atoms with Crippen molar-refractivity contribution in [2.45, 2.75) is 4.90 Å². The summed E-state index contributed by atoms with van der Waals surface area (Å²) in [5, 5.41) is 3.22. The Morgan fingerprint density at radius 3 is 2.03 bits per heavy atom. The number of hydrogen-bond acceptors (Lipinski definition) is 5. The molecule has 3 aromatic carbocycles. The van der Waals surface area contributed by atoms with Gasteiger partial charge in [0.25, 0.3) is 21.8 Å². The maximum atomic E-state index is 12.5. The van der Waals surface area contributed by atoms with E-state index in [9.17, 15) is 18.0 Å². The molecule has 3 rings (SSSR count). The molecule has 2 amide bonds. The lowest BCUT2D eigenvalue weighted by Gasteiger charge is -2.12. The first-order valence-electron chi connectivity index (χ1n) is 9.77. The van der Waals surface area contributed by atoms with Gasteiger partial charge in [-0.25, -0.2) is 8.42 Å². The number of carbonyl (C=O) groups is 2. The van der Waals surface area contributed by atoms with E-state index < -0.39 is 15.9 Å². The fourth-order valence-electron chi connectivity index (χ4n) is 2.63. The van der Waals surface area contributed by atoms with E-state index in [0.29, 0.717) is 22.1 Å². The second-order valence-electron chi connectivity index (χ2n) is 7.19. The summed E-state index contributed by atoms with van der Waals surface area (Å²) in [6.07, 6.45) is 0. The molecule has 8 nitrogen and oxygen atoms in total. The highest BCUT2D eigenvalue weighted by atomic mass is 35.5. The molecule has 0 saturated heterocycles. The molecule has 0 aromatic heterocycles. The normalized spacial score (nSPS) is 10.9. The predicted octanol–water partition coefficient (Wildman–Crippen LogP) is 3.86. The number of carbonyl (C=O) groups excluding carboxylic acids is 2. The quantitative estimate of drug-likeness (QED) is 0.502. The first-order valence-corrected chi connectivity index (χ1v) is 11.6. The number of likely N-dealkylation sites (N-methyl/N-ethyl adjacent to an activating group) is 1. The van der Waals surface area contributed by atoms with Gasteiger partial charge in [-0.05, 0) is 72.8 Å². The number of halogens is 1. The second kappa shape index (κ2) is 10.4. The summed E-state index contributed by atoms with van der Waals surface area (Å²) in [5.41, 5.74) is 1.18. The van der Waals surface area contributed by atoms with Crippen molar-refractivity contribution < 1.29 is 22.7 Å². The molecule has 0 unspecified atom stereocenters. The summed E-state index contributed by atoms with van der Waals surface area (Å²) < 4.78 is 32.9. The fourth-order valence-corrected chi connectivity index (χ4v) is 3.81. The van der Waals surface area contributed by atoms with E-state index >= 15 is 0 Å². The average molecular weight is 488 g/mol. The summed E-state index contributed by atoms with van der Waals surface area (Å²) in [6, 6.07) is 18.4. The zero-order valence-electron chi connectivity index (χ0n) is 17.9. The Morgan fingerprint density at radius 2 is 1.45 bits per heavy atom. The third-order valence-electron chi connectivity index (χ3n) is 4.50. The number of sulfonamides is 1. The van der Waals surface area contributed by atoms with Gasteiger partial charge >= 0.3 is 0 Å². The number of ether oxygens (including phenoxy) is 1. The summed E-state index contributed by atoms with van der Waals surface area (Å²) in [4.78, 5) is 25.5. The van der Waals surface area contributed by atoms with Crippen molar-refractivity contribution in [3.63, 3.8) is 0 Å². The van der Waals surface area contributed by atoms with E-state index in [1.807, 2.05) is 0 Å². The van der Waals surface area contributed by atoms with Gasteiger partial charge in [0.2, 0.25) is 0 Å². The van der Waals surface area contributed by atoms with Crippen LogP contribution in [0.5, 0.6) is 5.75 Å². The van der Waals surface area contributed by atoms with Crippen LogP contribution in [0, 0.1) is 0 Å². The SMILES string of the molecule is CN(C)C(=O)COc1ccc(NC(=O)c2ccc(S(=O)(=O)Nc3ccc(Cl)cc3)cc2)cc1. The Hall–Kier alpha value is -3.56. The molecule has 3 aromatic rings. The van der Waals surface area contributed by atoms with Crippen molar-refractivity contribution in [2.75, 3.05) is 30.7 Å². The van der Waals surface area contributed by atoms with Crippen LogP contribution in [0.2, 0.25) is 5.02 Å². The monoisotopic (exact) mass is 487 g/mol. The highest BCUT2D eigenvalue weighted by Gasteiger charge is 2.15. The van der Waals surface area contributed by atoms with Crippen LogP contribution in [0.25, 0.3) is 0 Å². The lowest BCUT2D eigenvalue weighted by Crippen LogP contribution is -2.27. The van der Waals surface area contributed by atoms with Gasteiger partial charge in [0.1, 0.15) is 5.75 Å². The van der Waals surface area contributed by atoms with Gasteiger partial charge in [-0.2, -0.15) is 0 Å². The van der Waals surface area contributed by atoms with Crippen molar-refractivity contribution in [3.05, 3.63) is 83.4 Å². The summed E-state index contributed by atoms with van der Waals surface area (Å²) in [5.74, 6) is -0.0757. The molecule has 0 radical (unpaired) electrons. The number of hydrogen-bond donors (Lipinski definition) is 2. The van der Waals surface area contributed by atoms with Crippen molar-refractivity contribution in [3.8, 4) is 5.75 Å². The molecule has 10 heteroatoms. The first-order chi connectivity index (χ1) is 15.6. The van der Waals surface area contributed by atoms with E-state index in [0.717, 1.165) is 0 Å². The average Bonchev–Trinajstić information content (AvgIpc) is 2.79. The molecular formula is C23H22ClN3O5S. The van der Waals surface area contributed by atoms with Crippen molar-refractivity contribution in [1.82, 2.24) is 4.90 Å². The van der Waals surface area contributed by atoms with Crippen molar-refractivity contribution >= 4 is 44.8 Å². The highest BCUT2D eigenvalue weighted by molar-refractivity contribution is 7.92. The topological polar surface area (TPSA) is 105 Å². The minimum Gasteiger partial charge on any atom is -0.484 e.